The normalized spacial score (nSPS) is 15.1. The van der Waals surface area contributed by atoms with E-state index in [4.69, 9.17) is 9.84 Å². The van der Waals surface area contributed by atoms with Crippen molar-refractivity contribution in [2.24, 2.45) is 0 Å². The van der Waals surface area contributed by atoms with Gasteiger partial charge in [-0.1, -0.05) is 13.8 Å². The van der Waals surface area contributed by atoms with Crippen LogP contribution >= 0.6 is 0 Å². The average Bonchev–Trinajstić information content (AvgIpc) is 2.97. The number of aliphatic hydroxyl groups excluding tert-OH is 1. The van der Waals surface area contributed by atoms with Gasteiger partial charge in [-0.15, -0.1) is 13.1 Å². The zero-order valence-electron chi connectivity index (χ0n) is 17.6. The second-order valence-corrected chi connectivity index (χ2v) is 6.41. The van der Waals surface area contributed by atoms with Crippen molar-refractivity contribution in [2.75, 3.05) is 19.7 Å². The molecule has 151 valence electrons. The number of pyridine rings is 1. The van der Waals surface area contributed by atoms with Crippen LogP contribution in [0.25, 0.3) is 11.0 Å². The predicted molar refractivity (Wildman–Crippen MR) is 106 cm³/mol. The van der Waals surface area contributed by atoms with Crippen LogP contribution < -0.4 is 4.74 Å². The molecule has 2 aromatic heterocycles. The zero-order valence-corrected chi connectivity index (χ0v) is 20.4. The molecule has 1 radical (unpaired) electrons. The number of nitrogens with zero attached hydrogens (tertiary/aromatic N) is 3. The minimum atomic E-state index is -0.850. The van der Waals surface area contributed by atoms with Crippen LogP contribution in [0.4, 0.5) is 0 Å². The number of aryl methyl sites for hydroxylation is 1. The molecular formula is C20H34N3O3Y-. The quantitative estimate of drug-likeness (QED) is 0.741. The molecule has 1 aliphatic rings. The van der Waals surface area contributed by atoms with Gasteiger partial charge in [-0.3, -0.25) is 0 Å². The molecule has 0 saturated carbocycles. The van der Waals surface area contributed by atoms with E-state index in [0.717, 1.165) is 22.7 Å². The summed E-state index contributed by atoms with van der Waals surface area (Å²) in [5.41, 5.74) is 1.90. The summed E-state index contributed by atoms with van der Waals surface area (Å²) in [6.45, 7) is 13.4. The Morgan fingerprint density at radius 3 is 2.37 bits per heavy atom. The first-order valence-electron chi connectivity index (χ1n) is 9.52. The van der Waals surface area contributed by atoms with E-state index in [9.17, 15) is 5.11 Å². The number of imidazole rings is 1. The number of aromatic nitrogens is 2. The fourth-order valence-electron chi connectivity index (χ4n) is 2.79. The summed E-state index contributed by atoms with van der Waals surface area (Å²) in [5.74, 6) is 0.731. The van der Waals surface area contributed by atoms with Crippen LogP contribution in [0.15, 0.2) is 18.5 Å². The molecule has 0 aliphatic carbocycles. The number of ether oxygens (including phenoxy) is 1. The maximum atomic E-state index is 11.0. The summed E-state index contributed by atoms with van der Waals surface area (Å²) in [6, 6.07) is 1.91. The summed E-state index contributed by atoms with van der Waals surface area (Å²) < 4.78 is 7.73. The summed E-state index contributed by atoms with van der Waals surface area (Å²) in [5, 5.41) is 23.3. The smallest absolute Gasteiger partial charge is 0.140 e. The van der Waals surface area contributed by atoms with Gasteiger partial charge in [0.2, 0.25) is 0 Å². The molecule has 0 spiro atoms. The number of hydrogen-bond acceptors (Lipinski definition) is 4. The van der Waals surface area contributed by atoms with E-state index in [-0.39, 0.29) is 38.8 Å². The third kappa shape index (κ3) is 7.43. The Morgan fingerprint density at radius 2 is 1.85 bits per heavy atom. The summed E-state index contributed by atoms with van der Waals surface area (Å²) in [6.07, 6.45) is 4.92. The molecule has 1 saturated heterocycles. The van der Waals surface area contributed by atoms with Crippen LogP contribution in [0.1, 0.15) is 58.7 Å². The van der Waals surface area contributed by atoms with Crippen LogP contribution in [0.2, 0.25) is 0 Å². The van der Waals surface area contributed by atoms with Crippen LogP contribution in [-0.2, 0) is 38.3 Å². The van der Waals surface area contributed by atoms with Crippen molar-refractivity contribution >= 4 is 5.65 Å². The predicted octanol–water partition coefficient (Wildman–Crippen LogP) is 3.81. The third-order valence-electron chi connectivity index (χ3n) is 3.96. The molecule has 0 aromatic carbocycles. The molecule has 3 rings (SSSR count). The van der Waals surface area contributed by atoms with Gasteiger partial charge < -0.3 is 24.7 Å². The van der Waals surface area contributed by atoms with E-state index in [0.29, 0.717) is 32.5 Å². The van der Waals surface area contributed by atoms with Crippen molar-refractivity contribution in [2.45, 2.75) is 66.1 Å². The minimum absolute atomic E-state index is 0. The summed E-state index contributed by atoms with van der Waals surface area (Å²) >= 11 is 0. The Hall–Kier alpha value is -0.526. The van der Waals surface area contributed by atoms with Gasteiger partial charge in [0.1, 0.15) is 11.4 Å². The number of fused-ring (bicyclic) bond motifs is 1. The maximum absolute atomic E-state index is 11.0. The Kier molecular flexibility index (Phi) is 12.6. The van der Waals surface area contributed by atoms with Crippen molar-refractivity contribution in [3.63, 3.8) is 0 Å². The van der Waals surface area contributed by atoms with E-state index in [2.05, 4.69) is 10.3 Å². The molecular weight excluding hydrogens is 419 g/mol. The van der Waals surface area contributed by atoms with Gasteiger partial charge in [-0.2, -0.15) is 0 Å². The van der Waals surface area contributed by atoms with E-state index in [1.807, 2.05) is 50.6 Å². The Bertz CT molecular complexity index is 665. The van der Waals surface area contributed by atoms with Gasteiger partial charge in [0.15, 0.2) is 0 Å². The molecule has 0 bridgehead atoms. The first kappa shape index (κ1) is 26.5. The average molecular weight is 453 g/mol. The molecule has 6 nitrogen and oxygen atoms in total. The van der Waals surface area contributed by atoms with Crippen molar-refractivity contribution in [1.29, 1.82) is 0 Å². The summed E-state index contributed by atoms with van der Waals surface area (Å²) in [4.78, 5) is 4.35. The fraction of sp³-hybridized carbons (Fsp3) is 0.650. The van der Waals surface area contributed by atoms with E-state index in [1.54, 1.807) is 13.8 Å². The number of rotatable bonds is 3. The standard InChI is InChI=1S/C15H20N3O2.C3H8O.C2H6.Y/c1-3-20-13-8-14-17-9-11(2)18(14)10-12(13)15(19)4-6-16-7-5-15;1-3(2)4;1-2;/h8-10,19H,3-7H2,1-2H3;3-4H,1-2H3;1-2H3;/q-1;;;. The Balaban J connectivity index is 0.000000861. The molecule has 0 amide bonds. The van der Waals surface area contributed by atoms with Crippen LogP contribution in [0.3, 0.4) is 0 Å². The first-order valence-corrected chi connectivity index (χ1v) is 9.52. The van der Waals surface area contributed by atoms with Crippen molar-refractivity contribution < 1.29 is 47.7 Å². The van der Waals surface area contributed by atoms with E-state index < -0.39 is 5.60 Å². The van der Waals surface area contributed by atoms with Gasteiger partial charge in [-0.05, 0) is 40.5 Å². The first-order chi connectivity index (χ1) is 12.4. The Morgan fingerprint density at radius 1 is 1.30 bits per heavy atom. The van der Waals surface area contributed by atoms with Crippen molar-refractivity contribution in [3.05, 3.63) is 35.0 Å². The molecule has 3 heterocycles. The molecule has 1 aliphatic heterocycles. The largest absolute Gasteiger partial charge is 0.662 e. The van der Waals surface area contributed by atoms with Gasteiger partial charge in [0, 0.05) is 68.5 Å². The second-order valence-electron chi connectivity index (χ2n) is 6.41. The third-order valence-corrected chi connectivity index (χ3v) is 3.96. The molecule has 2 N–H and O–H groups in total. The van der Waals surface area contributed by atoms with E-state index in [1.165, 1.54) is 0 Å². The molecule has 7 heteroatoms. The molecule has 0 atom stereocenters. The van der Waals surface area contributed by atoms with Gasteiger partial charge in [0.05, 0.1) is 12.2 Å². The second kappa shape index (κ2) is 12.8. The van der Waals surface area contributed by atoms with Crippen LogP contribution in [-0.4, -0.2) is 45.4 Å². The monoisotopic (exact) mass is 453 g/mol. The van der Waals surface area contributed by atoms with Crippen molar-refractivity contribution in [3.8, 4) is 5.75 Å². The van der Waals surface area contributed by atoms with Crippen LogP contribution in [0, 0.1) is 6.92 Å². The number of aliphatic hydroxyl groups is 2. The number of piperidine rings is 1. The summed E-state index contributed by atoms with van der Waals surface area (Å²) in [7, 11) is 0. The van der Waals surface area contributed by atoms with Crippen LogP contribution in [0.5, 0.6) is 5.75 Å². The van der Waals surface area contributed by atoms with Gasteiger partial charge in [-0.25, -0.2) is 4.98 Å². The molecule has 0 unspecified atom stereocenters. The maximum Gasteiger partial charge on any atom is 0.140 e. The topological polar surface area (TPSA) is 81.1 Å². The van der Waals surface area contributed by atoms with Gasteiger partial charge >= 0.3 is 0 Å². The Labute approximate surface area is 188 Å². The molecule has 2 aromatic rings. The minimum Gasteiger partial charge on any atom is -0.662 e. The molecule has 1 fully saturated rings. The zero-order chi connectivity index (χ0) is 19.7. The van der Waals surface area contributed by atoms with Crippen molar-refractivity contribution in [1.82, 2.24) is 9.38 Å². The fourth-order valence-corrected chi connectivity index (χ4v) is 2.79. The van der Waals surface area contributed by atoms with E-state index >= 15 is 0 Å². The van der Waals surface area contributed by atoms with Gasteiger partial charge in [0.25, 0.3) is 0 Å². The molecule has 27 heavy (non-hydrogen) atoms. The number of hydrogen-bond donors (Lipinski definition) is 2. The SMILES string of the molecule is CC.CC(C)O.CCOc1cc2ncc(C)n2cc1C1(O)CC[N-]CC1.[Y].